The van der Waals surface area contributed by atoms with Crippen LogP contribution in [0.5, 0.6) is 0 Å². The average Bonchev–Trinajstić information content (AvgIpc) is 3.04. The molecular formula is C24H24O5. The summed E-state index contributed by atoms with van der Waals surface area (Å²) in [5, 5.41) is 42.2. The molecule has 1 saturated heterocycles. The molecule has 0 bridgehead atoms. The van der Waals surface area contributed by atoms with Gasteiger partial charge in [-0.1, -0.05) is 91.0 Å². The number of hydrogen-bond acceptors (Lipinski definition) is 5. The molecule has 1 aliphatic rings. The van der Waals surface area contributed by atoms with E-state index in [1.807, 2.05) is 91.0 Å². The normalized spacial score (nSPS) is 25.7. The van der Waals surface area contributed by atoms with Gasteiger partial charge in [-0.25, -0.2) is 0 Å². The first-order chi connectivity index (χ1) is 14.1. The summed E-state index contributed by atoms with van der Waals surface area (Å²) in [6.07, 6.45) is -6.98. The van der Waals surface area contributed by atoms with Crippen LogP contribution in [0.2, 0.25) is 0 Å². The van der Waals surface area contributed by atoms with E-state index in [2.05, 4.69) is 0 Å². The number of benzene rings is 3. The third kappa shape index (κ3) is 3.27. The van der Waals surface area contributed by atoms with Crippen molar-refractivity contribution in [1.82, 2.24) is 0 Å². The van der Waals surface area contributed by atoms with E-state index >= 15 is 0 Å². The third-order valence-electron chi connectivity index (χ3n) is 5.72. The van der Waals surface area contributed by atoms with E-state index in [0.29, 0.717) is 0 Å². The minimum Gasteiger partial charge on any atom is -0.389 e. The van der Waals surface area contributed by atoms with Crippen LogP contribution in [-0.2, 0) is 10.2 Å². The zero-order chi connectivity index (χ0) is 20.4. The van der Waals surface area contributed by atoms with Gasteiger partial charge in [-0.2, -0.15) is 0 Å². The summed E-state index contributed by atoms with van der Waals surface area (Å²) >= 11 is 0. The van der Waals surface area contributed by atoms with Crippen LogP contribution in [0.3, 0.4) is 0 Å². The number of hydrogen-bond donors (Lipinski definition) is 4. The van der Waals surface area contributed by atoms with Crippen LogP contribution in [0.15, 0.2) is 91.0 Å². The maximum atomic E-state index is 11.7. The van der Waals surface area contributed by atoms with Gasteiger partial charge in [-0.15, -0.1) is 0 Å². The molecule has 2 unspecified atom stereocenters. The largest absolute Gasteiger partial charge is 0.389 e. The van der Waals surface area contributed by atoms with E-state index in [1.165, 1.54) is 0 Å². The summed E-state index contributed by atoms with van der Waals surface area (Å²) < 4.78 is 5.42. The highest BCUT2D eigenvalue weighted by Crippen LogP contribution is 2.45. The Morgan fingerprint density at radius 1 is 0.621 bits per heavy atom. The summed E-state index contributed by atoms with van der Waals surface area (Å²) in [5.41, 5.74) is 1.31. The first-order valence-corrected chi connectivity index (χ1v) is 9.61. The van der Waals surface area contributed by atoms with Crippen LogP contribution < -0.4 is 0 Å². The van der Waals surface area contributed by atoms with Gasteiger partial charge in [0.1, 0.15) is 24.4 Å². The highest BCUT2D eigenvalue weighted by Gasteiger charge is 2.54. The number of aliphatic hydroxyl groups excluding tert-OH is 4. The lowest BCUT2D eigenvalue weighted by Gasteiger charge is -2.42. The highest BCUT2D eigenvalue weighted by molar-refractivity contribution is 5.52. The summed E-state index contributed by atoms with van der Waals surface area (Å²) in [6, 6.07) is 28.5. The molecule has 3 aromatic carbocycles. The Morgan fingerprint density at radius 3 is 1.31 bits per heavy atom. The zero-order valence-corrected chi connectivity index (χ0v) is 15.7. The van der Waals surface area contributed by atoms with Crippen LogP contribution in [0, 0.1) is 0 Å². The van der Waals surface area contributed by atoms with Crippen molar-refractivity contribution in [1.29, 1.82) is 0 Å². The second kappa shape index (κ2) is 8.06. The molecule has 3 aromatic rings. The standard InChI is InChI=1S/C24H24O5/c25-19-20(26)23(28)29-21(19)22(27)24(16-10-4-1-5-11-16,17-12-6-2-7-13-17)18-14-8-3-9-15-18/h1-15,19-23,25-28H/t19-,20+,21-,22?,23?/m0/s1. The molecule has 150 valence electrons. The van der Waals surface area contributed by atoms with E-state index in [4.69, 9.17) is 4.74 Å². The van der Waals surface area contributed by atoms with E-state index < -0.39 is 36.1 Å². The molecule has 0 radical (unpaired) electrons. The fourth-order valence-electron chi connectivity index (χ4n) is 4.31. The second-order valence-electron chi connectivity index (χ2n) is 7.32. The lowest BCUT2D eigenvalue weighted by atomic mass is 9.64. The monoisotopic (exact) mass is 392 g/mol. The van der Waals surface area contributed by atoms with Crippen LogP contribution in [0.25, 0.3) is 0 Å². The Labute approximate surface area is 169 Å². The predicted molar refractivity (Wildman–Crippen MR) is 108 cm³/mol. The maximum Gasteiger partial charge on any atom is 0.184 e. The number of aliphatic hydroxyl groups is 4. The van der Waals surface area contributed by atoms with Gasteiger partial charge in [0, 0.05) is 0 Å². The first-order valence-electron chi connectivity index (χ1n) is 9.61. The van der Waals surface area contributed by atoms with E-state index in [0.717, 1.165) is 16.7 Å². The minimum atomic E-state index is -1.57. The Morgan fingerprint density at radius 2 is 1.00 bits per heavy atom. The Balaban J connectivity index is 1.98. The smallest absolute Gasteiger partial charge is 0.184 e. The first kappa shape index (κ1) is 19.8. The molecule has 5 nitrogen and oxygen atoms in total. The van der Waals surface area contributed by atoms with Gasteiger partial charge in [0.2, 0.25) is 0 Å². The van der Waals surface area contributed by atoms with E-state index in [9.17, 15) is 20.4 Å². The molecule has 5 atom stereocenters. The third-order valence-corrected chi connectivity index (χ3v) is 5.72. The Kier molecular flexibility index (Phi) is 5.50. The van der Waals surface area contributed by atoms with Gasteiger partial charge < -0.3 is 25.2 Å². The molecule has 0 saturated carbocycles. The van der Waals surface area contributed by atoms with Crippen LogP contribution in [0.4, 0.5) is 0 Å². The average molecular weight is 392 g/mol. The molecule has 29 heavy (non-hydrogen) atoms. The van der Waals surface area contributed by atoms with Crippen molar-refractivity contribution in [2.45, 2.75) is 36.1 Å². The van der Waals surface area contributed by atoms with Crippen LogP contribution >= 0.6 is 0 Å². The van der Waals surface area contributed by atoms with E-state index in [1.54, 1.807) is 0 Å². The van der Waals surface area contributed by atoms with Crippen LogP contribution in [0.1, 0.15) is 16.7 Å². The van der Waals surface area contributed by atoms with Crippen molar-refractivity contribution in [3.05, 3.63) is 108 Å². The van der Waals surface area contributed by atoms with Gasteiger partial charge in [0.05, 0.1) is 5.41 Å². The molecule has 1 heterocycles. The van der Waals surface area contributed by atoms with Crippen molar-refractivity contribution in [3.63, 3.8) is 0 Å². The van der Waals surface area contributed by atoms with Gasteiger partial charge in [-0.3, -0.25) is 0 Å². The zero-order valence-electron chi connectivity index (χ0n) is 15.7. The summed E-state index contributed by atoms with van der Waals surface area (Å²) in [5.74, 6) is 0. The van der Waals surface area contributed by atoms with Crippen LogP contribution in [-0.4, -0.2) is 51.1 Å². The van der Waals surface area contributed by atoms with Crippen molar-refractivity contribution in [2.24, 2.45) is 0 Å². The SMILES string of the molecule is OC1O[C@H](C(O)C(c2ccccc2)(c2ccccc2)c2ccccc2)[C@@H](O)[C@H]1O. The number of ether oxygens (including phenoxy) is 1. The van der Waals surface area contributed by atoms with Gasteiger partial charge in [0.15, 0.2) is 6.29 Å². The fraction of sp³-hybridized carbons (Fsp3) is 0.250. The molecule has 1 aliphatic heterocycles. The quantitative estimate of drug-likeness (QED) is 0.498. The van der Waals surface area contributed by atoms with Gasteiger partial charge >= 0.3 is 0 Å². The summed E-state index contributed by atoms with van der Waals surface area (Å²) in [7, 11) is 0. The molecule has 4 N–H and O–H groups in total. The Hall–Kier alpha value is -2.54. The molecular weight excluding hydrogens is 368 g/mol. The Bertz CT molecular complexity index is 819. The molecule has 4 rings (SSSR count). The predicted octanol–water partition coefficient (Wildman–Crippen LogP) is 1.82. The molecule has 0 amide bonds. The maximum absolute atomic E-state index is 11.7. The van der Waals surface area contributed by atoms with E-state index in [-0.39, 0.29) is 0 Å². The molecule has 1 fully saturated rings. The molecule has 0 aromatic heterocycles. The van der Waals surface area contributed by atoms with Crippen molar-refractivity contribution in [3.8, 4) is 0 Å². The lowest BCUT2D eigenvalue weighted by Crippen LogP contribution is -2.52. The number of rotatable bonds is 5. The van der Waals surface area contributed by atoms with Gasteiger partial charge in [-0.05, 0) is 16.7 Å². The van der Waals surface area contributed by atoms with Gasteiger partial charge in [0.25, 0.3) is 0 Å². The minimum absolute atomic E-state index is 0.802. The second-order valence-corrected chi connectivity index (χ2v) is 7.32. The fourth-order valence-corrected chi connectivity index (χ4v) is 4.31. The highest BCUT2D eigenvalue weighted by atomic mass is 16.6. The summed E-state index contributed by atoms with van der Waals surface area (Å²) in [6.45, 7) is 0. The van der Waals surface area contributed by atoms with Crippen molar-refractivity contribution in [2.75, 3.05) is 0 Å². The molecule has 5 heteroatoms. The topological polar surface area (TPSA) is 90.2 Å². The molecule has 0 aliphatic carbocycles. The van der Waals surface area contributed by atoms with Crippen molar-refractivity contribution >= 4 is 0 Å². The van der Waals surface area contributed by atoms with Crippen molar-refractivity contribution < 1.29 is 25.2 Å². The summed E-state index contributed by atoms with van der Waals surface area (Å²) in [4.78, 5) is 0. The molecule has 0 spiro atoms. The lowest BCUT2D eigenvalue weighted by molar-refractivity contribution is -0.151.